The summed E-state index contributed by atoms with van der Waals surface area (Å²) in [6, 6.07) is 0. The molecule has 0 radical (unpaired) electrons. The van der Waals surface area contributed by atoms with Crippen molar-refractivity contribution in [1.29, 1.82) is 0 Å². The van der Waals surface area contributed by atoms with Gasteiger partial charge in [-0.25, -0.2) is 9.97 Å². The first-order valence-corrected chi connectivity index (χ1v) is 3.32. The minimum Gasteiger partial charge on any atom is -0.324 e. The number of carbonyl (C=O) groups excluding carboxylic acids is 1. The minimum absolute atomic E-state index is 0. The predicted molar refractivity (Wildman–Crippen MR) is 47.7 cm³/mol. The third kappa shape index (κ3) is 2.73. The molecule has 2 N–H and O–H groups in total. The maximum Gasteiger partial charge on any atom is 0.222 e. The molecule has 0 bridgehead atoms. The number of hydrogen-bond acceptors (Lipinski definition) is 4. The van der Waals surface area contributed by atoms with E-state index in [1.54, 1.807) is 0 Å². The highest BCUT2D eigenvalue weighted by Gasteiger charge is 2.02. The Morgan fingerprint density at radius 3 is 2.42 bits per heavy atom. The molecule has 0 atom stereocenters. The van der Waals surface area contributed by atoms with Gasteiger partial charge in [0.2, 0.25) is 5.28 Å². The number of nitrogens with two attached hydrogens (primary N) is 1. The van der Waals surface area contributed by atoms with Crippen LogP contribution >= 0.6 is 24.0 Å². The summed E-state index contributed by atoms with van der Waals surface area (Å²) in [5.74, 6) is -0.193. The second-order valence-electron chi connectivity index (χ2n) is 1.87. The lowest BCUT2D eigenvalue weighted by atomic mass is 10.2. The smallest absolute Gasteiger partial charge is 0.222 e. The van der Waals surface area contributed by atoms with Crippen LogP contribution in [-0.4, -0.2) is 22.3 Å². The fraction of sp³-hybridized carbons (Fsp3) is 0.167. The van der Waals surface area contributed by atoms with Gasteiger partial charge in [0, 0.05) is 12.4 Å². The quantitative estimate of drug-likeness (QED) is 0.573. The van der Waals surface area contributed by atoms with Crippen LogP contribution in [0.1, 0.15) is 10.4 Å². The van der Waals surface area contributed by atoms with Gasteiger partial charge in [0.25, 0.3) is 0 Å². The van der Waals surface area contributed by atoms with E-state index < -0.39 is 0 Å². The van der Waals surface area contributed by atoms with Gasteiger partial charge in [0.05, 0.1) is 12.1 Å². The molecule has 0 aliphatic carbocycles. The van der Waals surface area contributed by atoms with Crippen LogP contribution in [-0.2, 0) is 0 Å². The molecule has 0 unspecified atom stereocenters. The summed E-state index contributed by atoms with van der Waals surface area (Å²) in [6.45, 7) is -0.0367. The van der Waals surface area contributed by atoms with Crippen molar-refractivity contribution in [1.82, 2.24) is 9.97 Å². The number of nitrogens with zero attached hydrogens (tertiary/aromatic N) is 2. The number of ketones is 1. The molecule has 0 saturated heterocycles. The molecule has 0 fully saturated rings. The molecule has 6 heteroatoms. The summed E-state index contributed by atoms with van der Waals surface area (Å²) >= 11 is 5.39. The van der Waals surface area contributed by atoms with E-state index in [2.05, 4.69) is 9.97 Å². The standard InChI is InChI=1S/C6H6ClN3O.ClH/c7-6-9-2-4(3-10-6)5(11)1-8;/h2-3H,1,8H2;1H. The van der Waals surface area contributed by atoms with Crippen molar-refractivity contribution in [3.05, 3.63) is 23.2 Å². The third-order valence-corrected chi connectivity index (χ3v) is 1.32. The van der Waals surface area contributed by atoms with Gasteiger partial charge in [-0.05, 0) is 11.6 Å². The molecule has 0 aromatic carbocycles. The lowest BCUT2D eigenvalue weighted by Crippen LogP contribution is -2.13. The fourth-order valence-electron chi connectivity index (χ4n) is 0.574. The number of carbonyl (C=O) groups is 1. The first-order chi connectivity index (χ1) is 5.24. The zero-order chi connectivity index (χ0) is 8.27. The van der Waals surface area contributed by atoms with Crippen molar-refractivity contribution in [3.8, 4) is 0 Å². The number of hydrogen-bond donors (Lipinski definition) is 1. The van der Waals surface area contributed by atoms with E-state index in [9.17, 15) is 4.79 Å². The first kappa shape index (κ1) is 11.3. The highest BCUT2D eigenvalue weighted by Crippen LogP contribution is 2.00. The number of rotatable bonds is 2. The van der Waals surface area contributed by atoms with Crippen molar-refractivity contribution in [3.63, 3.8) is 0 Å². The van der Waals surface area contributed by atoms with E-state index in [0.717, 1.165) is 0 Å². The molecule has 1 heterocycles. The van der Waals surface area contributed by atoms with Crippen molar-refractivity contribution < 1.29 is 4.79 Å². The molecule has 4 nitrogen and oxygen atoms in total. The lowest BCUT2D eigenvalue weighted by Gasteiger charge is -1.94. The molecule has 1 rings (SSSR count). The Labute approximate surface area is 80.6 Å². The van der Waals surface area contributed by atoms with E-state index in [4.69, 9.17) is 17.3 Å². The van der Waals surface area contributed by atoms with Crippen LogP contribution in [0.3, 0.4) is 0 Å². The summed E-state index contributed by atoms with van der Waals surface area (Å²) in [7, 11) is 0. The Bertz CT molecular complexity index is 262. The monoisotopic (exact) mass is 207 g/mol. The van der Waals surface area contributed by atoms with Crippen molar-refractivity contribution >= 4 is 29.8 Å². The zero-order valence-electron chi connectivity index (χ0n) is 6.03. The summed E-state index contributed by atoms with van der Waals surface area (Å²) in [6.07, 6.45) is 2.70. The molecule has 12 heavy (non-hydrogen) atoms. The summed E-state index contributed by atoms with van der Waals surface area (Å²) in [4.78, 5) is 18.1. The third-order valence-electron chi connectivity index (χ3n) is 1.13. The van der Waals surface area contributed by atoms with Crippen molar-refractivity contribution in [2.45, 2.75) is 0 Å². The van der Waals surface area contributed by atoms with Gasteiger partial charge < -0.3 is 5.73 Å². The van der Waals surface area contributed by atoms with Gasteiger partial charge >= 0.3 is 0 Å². The summed E-state index contributed by atoms with van der Waals surface area (Å²) in [5, 5.41) is 0.124. The van der Waals surface area contributed by atoms with Gasteiger partial charge in [-0.15, -0.1) is 12.4 Å². The SMILES string of the molecule is Cl.NCC(=O)c1cnc(Cl)nc1. The second kappa shape index (κ2) is 5.03. The number of aromatic nitrogens is 2. The number of halogens is 2. The summed E-state index contributed by atoms with van der Waals surface area (Å²) in [5.41, 5.74) is 5.49. The summed E-state index contributed by atoms with van der Waals surface area (Å²) < 4.78 is 0. The van der Waals surface area contributed by atoms with Crippen LogP contribution in [0.15, 0.2) is 12.4 Å². The molecule has 0 aliphatic rings. The van der Waals surface area contributed by atoms with E-state index in [0.29, 0.717) is 5.56 Å². The fourth-order valence-corrected chi connectivity index (χ4v) is 0.672. The van der Waals surface area contributed by atoms with Crippen LogP contribution in [0, 0.1) is 0 Å². The number of Topliss-reactive ketones (excluding diaryl/α,β-unsaturated/α-hetero) is 1. The maximum absolute atomic E-state index is 10.9. The van der Waals surface area contributed by atoms with Crippen LogP contribution in [0.4, 0.5) is 0 Å². The van der Waals surface area contributed by atoms with E-state index in [1.807, 2.05) is 0 Å². The molecule has 66 valence electrons. The molecule has 0 spiro atoms. The van der Waals surface area contributed by atoms with Gasteiger partial charge in [0.15, 0.2) is 5.78 Å². The lowest BCUT2D eigenvalue weighted by molar-refractivity contribution is 0.100. The van der Waals surface area contributed by atoms with Crippen molar-refractivity contribution in [2.75, 3.05) is 6.54 Å². The van der Waals surface area contributed by atoms with Gasteiger partial charge in [-0.3, -0.25) is 4.79 Å². The first-order valence-electron chi connectivity index (χ1n) is 2.95. The van der Waals surface area contributed by atoms with E-state index in [1.165, 1.54) is 12.4 Å². The average Bonchev–Trinajstić information content (AvgIpc) is 2.05. The second-order valence-corrected chi connectivity index (χ2v) is 2.21. The zero-order valence-corrected chi connectivity index (χ0v) is 7.60. The minimum atomic E-state index is -0.193. The Morgan fingerprint density at radius 2 is 2.00 bits per heavy atom. The van der Waals surface area contributed by atoms with Crippen LogP contribution < -0.4 is 5.73 Å². The van der Waals surface area contributed by atoms with Crippen LogP contribution in [0.25, 0.3) is 0 Å². The molecule has 0 amide bonds. The molecule has 1 aromatic heterocycles. The molecule has 0 aliphatic heterocycles. The molecule has 0 saturated carbocycles. The van der Waals surface area contributed by atoms with E-state index >= 15 is 0 Å². The Morgan fingerprint density at radius 1 is 1.50 bits per heavy atom. The topological polar surface area (TPSA) is 68.9 Å². The van der Waals surface area contributed by atoms with Crippen molar-refractivity contribution in [2.24, 2.45) is 5.73 Å². The Hall–Kier alpha value is -0.710. The highest BCUT2D eigenvalue weighted by atomic mass is 35.5. The van der Waals surface area contributed by atoms with Gasteiger partial charge in [-0.1, -0.05) is 0 Å². The predicted octanol–water partition coefficient (Wildman–Crippen LogP) is 0.693. The average molecular weight is 208 g/mol. The van der Waals surface area contributed by atoms with Gasteiger partial charge in [-0.2, -0.15) is 0 Å². The Balaban J connectivity index is 0.00000121. The highest BCUT2D eigenvalue weighted by molar-refractivity contribution is 6.28. The van der Waals surface area contributed by atoms with Crippen LogP contribution in [0.5, 0.6) is 0 Å². The normalized spacial score (nSPS) is 8.83. The van der Waals surface area contributed by atoms with E-state index in [-0.39, 0.29) is 30.0 Å². The van der Waals surface area contributed by atoms with Crippen LogP contribution in [0.2, 0.25) is 5.28 Å². The maximum atomic E-state index is 10.9. The molecular weight excluding hydrogens is 201 g/mol. The molecular formula is C6H7Cl2N3O. The van der Waals surface area contributed by atoms with Gasteiger partial charge in [0.1, 0.15) is 0 Å². The largest absolute Gasteiger partial charge is 0.324 e. The Kier molecular flexibility index (Phi) is 4.73. The molecule has 1 aromatic rings.